The molecule has 4 nitrogen and oxygen atoms in total. The molecule has 1 aromatic carbocycles. The van der Waals surface area contributed by atoms with E-state index in [1.165, 1.54) is 50.5 Å². The van der Waals surface area contributed by atoms with Crippen molar-refractivity contribution in [1.82, 2.24) is 0 Å². The van der Waals surface area contributed by atoms with Crippen molar-refractivity contribution in [1.29, 1.82) is 0 Å². The van der Waals surface area contributed by atoms with Crippen LogP contribution in [0.1, 0.15) is 119 Å². The molecule has 0 spiro atoms. The van der Waals surface area contributed by atoms with E-state index in [4.69, 9.17) is 0 Å². The van der Waals surface area contributed by atoms with Gasteiger partial charge < -0.3 is 10.4 Å². The summed E-state index contributed by atoms with van der Waals surface area (Å²) < 4.78 is 0. The highest BCUT2D eigenvalue weighted by atomic mass is 16.3. The van der Waals surface area contributed by atoms with Crippen LogP contribution in [0.5, 0.6) is 0 Å². The van der Waals surface area contributed by atoms with Crippen molar-refractivity contribution in [2.45, 2.75) is 119 Å². The average Bonchev–Trinajstić information content (AvgIpc) is 2.97. The third-order valence-corrected chi connectivity index (χ3v) is 11.6. The second kappa shape index (κ2) is 12.3. The van der Waals surface area contributed by atoms with E-state index in [0.29, 0.717) is 11.8 Å². The molecule has 5 atom stereocenters. The summed E-state index contributed by atoms with van der Waals surface area (Å²) in [6.45, 7) is 19.8. The fraction of sp³-hybridized carbons (Fsp3) is 0.590. The maximum absolute atomic E-state index is 12.4. The van der Waals surface area contributed by atoms with Gasteiger partial charge in [0.15, 0.2) is 5.76 Å². The fourth-order valence-electron chi connectivity index (χ4n) is 9.08. The van der Waals surface area contributed by atoms with Crippen LogP contribution >= 0.6 is 0 Å². The summed E-state index contributed by atoms with van der Waals surface area (Å²) in [6, 6.07) is 7.89. The Bertz CT molecular complexity index is 1350. The molecule has 5 aliphatic rings. The third kappa shape index (κ3) is 5.83. The molecule has 0 aromatic heterocycles. The average molecular weight is 586 g/mol. The predicted octanol–water partition coefficient (Wildman–Crippen LogP) is 10.2. The minimum atomic E-state index is -0.220. The Morgan fingerprint density at radius 3 is 2.21 bits per heavy atom. The molecule has 1 aromatic rings. The van der Waals surface area contributed by atoms with E-state index < -0.39 is 0 Å². The first-order valence-corrected chi connectivity index (χ1v) is 16.7. The maximum atomic E-state index is 12.4. The van der Waals surface area contributed by atoms with Crippen LogP contribution in [0.4, 0.5) is 5.69 Å². The van der Waals surface area contributed by atoms with Crippen molar-refractivity contribution in [3.8, 4) is 0 Å². The number of rotatable bonds is 2. The van der Waals surface area contributed by atoms with Gasteiger partial charge in [0.25, 0.3) is 0 Å². The molecule has 234 valence electrons. The molecule has 5 aliphatic carbocycles. The maximum Gasteiger partial charge on any atom is 0.220 e. The number of aliphatic hydroxyl groups is 1. The number of amides is 1. The summed E-state index contributed by atoms with van der Waals surface area (Å²) in [5.74, 6) is 1.32. The molecular weight excluding hydrogens is 530 g/mol. The van der Waals surface area contributed by atoms with Gasteiger partial charge >= 0.3 is 0 Å². The molecule has 43 heavy (non-hydrogen) atoms. The van der Waals surface area contributed by atoms with Crippen LogP contribution in [0.2, 0.25) is 0 Å². The summed E-state index contributed by atoms with van der Waals surface area (Å²) in [4.78, 5) is 22.6. The van der Waals surface area contributed by atoms with Crippen molar-refractivity contribution in [2.24, 2.45) is 28.1 Å². The van der Waals surface area contributed by atoms with E-state index in [0.717, 1.165) is 40.7 Å². The first-order chi connectivity index (χ1) is 20.2. The Hall–Kier alpha value is -2.88. The number of benzene rings is 1. The summed E-state index contributed by atoms with van der Waals surface area (Å²) >= 11 is 0. The molecule has 1 amide bonds. The van der Waals surface area contributed by atoms with Crippen molar-refractivity contribution in [2.75, 3.05) is 5.32 Å². The fourth-order valence-corrected chi connectivity index (χ4v) is 9.08. The van der Waals surface area contributed by atoms with Crippen molar-refractivity contribution >= 4 is 17.9 Å². The minimum Gasteiger partial charge on any atom is -0.504 e. The molecule has 0 saturated heterocycles. The van der Waals surface area contributed by atoms with E-state index in [1.807, 2.05) is 45.0 Å². The molecule has 6 rings (SSSR count). The molecule has 3 fully saturated rings. The molecule has 0 radical (unpaired) electrons. The molecule has 0 aliphatic heterocycles. The van der Waals surface area contributed by atoms with Crippen molar-refractivity contribution < 1.29 is 14.7 Å². The van der Waals surface area contributed by atoms with Gasteiger partial charge in [-0.05, 0) is 108 Å². The van der Waals surface area contributed by atoms with Crippen LogP contribution < -0.4 is 5.32 Å². The number of allylic oxidation sites excluding steroid dienone is 7. The number of ketones is 1. The number of fused-ring (bicyclic) bond motifs is 7. The van der Waals surface area contributed by atoms with Crippen molar-refractivity contribution in [3.05, 3.63) is 76.1 Å². The van der Waals surface area contributed by atoms with Crippen LogP contribution in [-0.2, 0) is 15.0 Å². The number of anilines is 1. The first-order valence-electron chi connectivity index (χ1n) is 16.7. The predicted molar refractivity (Wildman–Crippen MR) is 179 cm³/mol. The largest absolute Gasteiger partial charge is 0.504 e. The number of hydrogen-bond acceptors (Lipinski definition) is 3. The lowest BCUT2D eigenvalue weighted by Crippen LogP contribution is -2.54. The van der Waals surface area contributed by atoms with Crippen LogP contribution in [-0.4, -0.2) is 17.3 Å². The Morgan fingerprint density at radius 1 is 0.907 bits per heavy atom. The van der Waals surface area contributed by atoms with Crippen LogP contribution in [0.3, 0.4) is 0 Å². The topological polar surface area (TPSA) is 66.4 Å². The number of carbonyl (C=O) groups is 2. The zero-order chi connectivity index (χ0) is 31.8. The van der Waals surface area contributed by atoms with E-state index in [9.17, 15) is 14.7 Å². The van der Waals surface area contributed by atoms with Gasteiger partial charge in [-0.1, -0.05) is 98.1 Å². The lowest BCUT2D eigenvalue weighted by atomic mass is 9.41. The number of hydrogen-bond donors (Lipinski definition) is 2. The molecule has 0 heterocycles. The summed E-state index contributed by atoms with van der Waals surface area (Å²) in [7, 11) is 0. The van der Waals surface area contributed by atoms with E-state index in [-0.39, 0.29) is 27.8 Å². The standard InChI is InChI=1S/C26H34O2.C11H15NO.C2H6/c1-16-17-8-9-22-25(3,20(17)15-21(27)23(16)28)12-10-19-18-7-5-6-11-24(18,2)13-14-26(19,22)4;1-11(2,3)9-4-6-10(7-5-9)12-8-13;1-2/h8-9,15,18-19,28H,5-7,10-14H2,1-4H3;4-8H,1-3H3,(H,12,13);1-2H3. The minimum absolute atomic E-state index is 0.0740. The SMILES string of the molecule is CC.CC(C)(C)c1ccc(NC=O)cc1.CC1=C(O)C(=O)C=C2C1=CC=C1C2(C)CCC2C3CCCCC3(C)CCC12C. The number of nitrogens with one attached hydrogen (secondary N) is 1. The third-order valence-electron chi connectivity index (χ3n) is 11.6. The van der Waals surface area contributed by atoms with Gasteiger partial charge in [-0.3, -0.25) is 9.59 Å². The summed E-state index contributed by atoms with van der Waals surface area (Å²) in [5, 5.41) is 12.8. The van der Waals surface area contributed by atoms with Gasteiger partial charge in [0.05, 0.1) is 0 Å². The Morgan fingerprint density at radius 2 is 1.58 bits per heavy atom. The van der Waals surface area contributed by atoms with Gasteiger partial charge in [0.1, 0.15) is 0 Å². The number of aliphatic hydroxyl groups excluding tert-OH is 1. The lowest BCUT2D eigenvalue weighted by molar-refractivity contribution is -0.114. The highest BCUT2D eigenvalue weighted by molar-refractivity contribution is 6.06. The van der Waals surface area contributed by atoms with E-state index in [1.54, 1.807) is 11.6 Å². The Balaban J connectivity index is 0.000000238. The zero-order valence-corrected chi connectivity index (χ0v) is 28.2. The second-order valence-electron chi connectivity index (χ2n) is 15.0. The quantitative estimate of drug-likeness (QED) is 0.339. The smallest absolute Gasteiger partial charge is 0.220 e. The molecule has 2 N–H and O–H groups in total. The van der Waals surface area contributed by atoms with Crippen LogP contribution in [0, 0.1) is 28.1 Å². The highest BCUT2D eigenvalue weighted by Crippen LogP contribution is 2.69. The van der Waals surface area contributed by atoms with E-state index >= 15 is 0 Å². The number of carbonyl (C=O) groups excluding carboxylic acids is 2. The van der Waals surface area contributed by atoms with E-state index in [2.05, 4.69) is 59.0 Å². The van der Waals surface area contributed by atoms with Gasteiger partial charge in [0.2, 0.25) is 12.2 Å². The normalized spacial score (nSPS) is 32.9. The van der Waals surface area contributed by atoms with Gasteiger partial charge in [0, 0.05) is 16.7 Å². The highest BCUT2D eigenvalue weighted by Gasteiger charge is 2.59. The zero-order valence-electron chi connectivity index (χ0n) is 28.2. The van der Waals surface area contributed by atoms with Gasteiger partial charge in [-0.25, -0.2) is 0 Å². The van der Waals surface area contributed by atoms with Crippen LogP contribution in [0.15, 0.2) is 70.5 Å². The van der Waals surface area contributed by atoms with Crippen LogP contribution in [0.25, 0.3) is 0 Å². The Labute approximate surface area is 260 Å². The lowest BCUT2D eigenvalue weighted by Gasteiger charge is -2.63. The second-order valence-corrected chi connectivity index (χ2v) is 15.0. The Kier molecular flexibility index (Phi) is 9.41. The summed E-state index contributed by atoms with van der Waals surface area (Å²) in [5.41, 5.74) is 7.50. The van der Waals surface area contributed by atoms with Gasteiger partial charge in [-0.2, -0.15) is 0 Å². The molecular formula is C39H55NO3. The molecule has 4 heteroatoms. The summed E-state index contributed by atoms with van der Waals surface area (Å²) in [6.07, 6.45) is 17.6. The molecule has 5 unspecified atom stereocenters. The van der Waals surface area contributed by atoms with Gasteiger partial charge in [-0.15, -0.1) is 0 Å². The van der Waals surface area contributed by atoms with Crippen molar-refractivity contribution in [3.63, 3.8) is 0 Å². The molecule has 0 bridgehead atoms. The monoisotopic (exact) mass is 585 g/mol. The molecule has 3 saturated carbocycles. The first kappa shape index (κ1) is 33.0.